The molecule has 2 unspecified atom stereocenters. The molecule has 144 valence electrons. The van der Waals surface area contributed by atoms with Crippen molar-refractivity contribution in [2.45, 2.75) is 39.5 Å². The second-order valence-electron chi connectivity index (χ2n) is 7.00. The zero-order chi connectivity index (χ0) is 19.9. The van der Waals surface area contributed by atoms with E-state index in [-0.39, 0.29) is 25.2 Å². The van der Waals surface area contributed by atoms with Crippen LogP contribution in [0.5, 0.6) is 0 Å². The first-order valence-corrected chi connectivity index (χ1v) is 10.6. The molecule has 1 amide bonds. The predicted molar refractivity (Wildman–Crippen MR) is 103 cm³/mol. The van der Waals surface area contributed by atoms with Crippen LogP contribution in [0.1, 0.15) is 50.7 Å². The van der Waals surface area contributed by atoms with Crippen LogP contribution >= 0.6 is 7.37 Å². The highest BCUT2D eigenvalue weighted by Crippen LogP contribution is 2.45. The number of primary amides is 1. The van der Waals surface area contributed by atoms with E-state index in [4.69, 9.17) is 5.73 Å². The molecular formula is C19H28NO5P. The third kappa shape index (κ3) is 7.54. The average Bonchev–Trinajstić information content (AvgIpc) is 2.50. The van der Waals surface area contributed by atoms with Gasteiger partial charge in [0.1, 0.15) is 0 Å². The third-order valence-electron chi connectivity index (χ3n) is 4.11. The molecule has 0 saturated carbocycles. The molecule has 6 nitrogen and oxygen atoms in total. The normalized spacial score (nSPS) is 15.5. The number of benzene rings is 1. The van der Waals surface area contributed by atoms with Crippen molar-refractivity contribution in [1.29, 1.82) is 0 Å². The summed E-state index contributed by atoms with van der Waals surface area (Å²) in [5.41, 5.74) is 7.88. The molecule has 0 spiro atoms. The number of carboxylic acids is 1. The lowest BCUT2D eigenvalue weighted by Gasteiger charge is -2.17. The molecule has 0 heterocycles. The first kappa shape index (κ1) is 22.1. The SMILES string of the molecule is C/C(=C\c1ccccc1C(C)C)CP(=O)(O)CC(CCC(N)=O)C(=O)O. The summed E-state index contributed by atoms with van der Waals surface area (Å²) in [6.07, 6.45) is 1.27. The zero-order valence-corrected chi connectivity index (χ0v) is 16.4. The van der Waals surface area contributed by atoms with Gasteiger partial charge in [-0.05, 0) is 30.4 Å². The number of carbonyl (C=O) groups is 2. The number of carboxylic acid groups (broad SMARTS) is 1. The summed E-state index contributed by atoms with van der Waals surface area (Å²) in [5.74, 6) is -2.55. The van der Waals surface area contributed by atoms with E-state index < -0.39 is 25.2 Å². The van der Waals surface area contributed by atoms with E-state index in [9.17, 15) is 24.2 Å². The van der Waals surface area contributed by atoms with Gasteiger partial charge in [-0.3, -0.25) is 14.2 Å². The van der Waals surface area contributed by atoms with Crippen LogP contribution in [0.2, 0.25) is 0 Å². The minimum atomic E-state index is -3.70. The second-order valence-corrected chi connectivity index (χ2v) is 9.38. The van der Waals surface area contributed by atoms with Gasteiger partial charge in [0, 0.05) is 18.7 Å². The van der Waals surface area contributed by atoms with E-state index in [1.54, 1.807) is 6.92 Å². The van der Waals surface area contributed by atoms with Crippen molar-refractivity contribution in [3.05, 3.63) is 41.0 Å². The average molecular weight is 381 g/mol. The van der Waals surface area contributed by atoms with Crippen LogP contribution in [0, 0.1) is 5.92 Å². The van der Waals surface area contributed by atoms with Gasteiger partial charge in [0.25, 0.3) is 0 Å². The Labute approximate surface area is 154 Å². The van der Waals surface area contributed by atoms with Crippen LogP contribution in [0.4, 0.5) is 0 Å². The summed E-state index contributed by atoms with van der Waals surface area (Å²) in [4.78, 5) is 32.4. The molecule has 0 aliphatic carbocycles. The molecule has 0 radical (unpaired) electrons. The van der Waals surface area contributed by atoms with E-state index >= 15 is 0 Å². The highest BCUT2D eigenvalue weighted by atomic mass is 31.2. The number of nitrogens with two attached hydrogens (primary N) is 1. The number of rotatable bonds is 10. The summed E-state index contributed by atoms with van der Waals surface area (Å²) < 4.78 is 12.5. The molecular weight excluding hydrogens is 353 g/mol. The maximum absolute atomic E-state index is 12.5. The van der Waals surface area contributed by atoms with Crippen molar-refractivity contribution in [3.63, 3.8) is 0 Å². The molecule has 1 aromatic carbocycles. The summed E-state index contributed by atoms with van der Waals surface area (Å²) in [6, 6.07) is 7.84. The van der Waals surface area contributed by atoms with Gasteiger partial charge in [0.05, 0.1) is 5.92 Å². The van der Waals surface area contributed by atoms with Gasteiger partial charge >= 0.3 is 5.97 Å². The Hall–Kier alpha value is -1.91. The van der Waals surface area contributed by atoms with E-state index in [2.05, 4.69) is 13.8 Å². The Kier molecular flexibility index (Phi) is 8.25. The molecule has 0 fully saturated rings. The van der Waals surface area contributed by atoms with Crippen LogP contribution in [-0.2, 0) is 14.2 Å². The summed E-state index contributed by atoms with van der Waals surface area (Å²) in [6.45, 7) is 5.92. The van der Waals surface area contributed by atoms with Gasteiger partial charge in [-0.2, -0.15) is 0 Å². The molecule has 0 aliphatic heterocycles. The molecule has 0 bridgehead atoms. The number of carbonyl (C=O) groups excluding carboxylic acids is 1. The fourth-order valence-electron chi connectivity index (χ4n) is 2.89. The Balaban J connectivity index is 2.89. The molecule has 26 heavy (non-hydrogen) atoms. The summed E-state index contributed by atoms with van der Waals surface area (Å²) >= 11 is 0. The van der Waals surface area contributed by atoms with Crippen LogP contribution in [0.25, 0.3) is 6.08 Å². The van der Waals surface area contributed by atoms with Gasteiger partial charge < -0.3 is 15.7 Å². The van der Waals surface area contributed by atoms with Crippen molar-refractivity contribution >= 4 is 25.3 Å². The Bertz CT molecular complexity index is 726. The second kappa shape index (κ2) is 9.70. The van der Waals surface area contributed by atoms with Crippen molar-refractivity contribution in [2.75, 3.05) is 12.3 Å². The maximum Gasteiger partial charge on any atom is 0.307 e. The van der Waals surface area contributed by atoms with Gasteiger partial charge in [-0.25, -0.2) is 0 Å². The van der Waals surface area contributed by atoms with E-state index in [0.717, 1.165) is 11.1 Å². The fraction of sp³-hybridized carbons (Fsp3) is 0.474. The van der Waals surface area contributed by atoms with Crippen LogP contribution in [0.3, 0.4) is 0 Å². The summed E-state index contributed by atoms with van der Waals surface area (Å²) in [7, 11) is -3.70. The molecule has 1 aromatic rings. The number of amides is 1. The van der Waals surface area contributed by atoms with Gasteiger partial charge in [0.2, 0.25) is 13.3 Å². The number of allylic oxidation sites excluding steroid dienone is 1. The van der Waals surface area contributed by atoms with E-state index in [1.165, 1.54) is 0 Å². The molecule has 4 N–H and O–H groups in total. The Morgan fingerprint density at radius 3 is 2.42 bits per heavy atom. The van der Waals surface area contributed by atoms with Crippen LogP contribution in [0.15, 0.2) is 29.8 Å². The monoisotopic (exact) mass is 381 g/mol. The molecule has 7 heteroatoms. The predicted octanol–water partition coefficient (Wildman–Crippen LogP) is 3.45. The van der Waals surface area contributed by atoms with Gasteiger partial charge in [-0.1, -0.05) is 49.8 Å². The first-order valence-electron chi connectivity index (χ1n) is 8.60. The first-order chi connectivity index (χ1) is 12.0. The third-order valence-corrected chi connectivity index (χ3v) is 6.11. The Morgan fingerprint density at radius 1 is 1.27 bits per heavy atom. The minimum absolute atomic E-state index is 0.0336. The quantitative estimate of drug-likeness (QED) is 0.537. The maximum atomic E-state index is 12.5. The molecule has 0 saturated heterocycles. The number of aliphatic carboxylic acids is 1. The number of hydrogen-bond acceptors (Lipinski definition) is 3. The lowest BCUT2D eigenvalue weighted by Crippen LogP contribution is -2.22. The zero-order valence-electron chi connectivity index (χ0n) is 15.5. The highest BCUT2D eigenvalue weighted by Gasteiger charge is 2.29. The highest BCUT2D eigenvalue weighted by molar-refractivity contribution is 7.58. The van der Waals surface area contributed by atoms with Crippen molar-refractivity contribution in [3.8, 4) is 0 Å². The topological polar surface area (TPSA) is 118 Å². The van der Waals surface area contributed by atoms with Crippen LogP contribution < -0.4 is 5.73 Å². The van der Waals surface area contributed by atoms with Gasteiger partial charge in [0.15, 0.2) is 0 Å². The Morgan fingerprint density at radius 2 is 1.88 bits per heavy atom. The number of hydrogen-bond donors (Lipinski definition) is 3. The largest absolute Gasteiger partial charge is 0.481 e. The molecule has 0 aromatic heterocycles. The van der Waals surface area contributed by atoms with Crippen molar-refractivity contribution in [2.24, 2.45) is 11.7 Å². The fourth-order valence-corrected chi connectivity index (χ4v) is 4.91. The van der Waals surface area contributed by atoms with Crippen molar-refractivity contribution in [1.82, 2.24) is 0 Å². The lowest BCUT2D eigenvalue weighted by atomic mass is 9.96. The molecule has 0 aliphatic rings. The van der Waals surface area contributed by atoms with Crippen LogP contribution in [-0.4, -0.2) is 34.2 Å². The van der Waals surface area contributed by atoms with Gasteiger partial charge in [-0.15, -0.1) is 0 Å². The smallest absolute Gasteiger partial charge is 0.307 e. The van der Waals surface area contributed by atoms with Crippen molar-refractivity contribution < 1.29 is 24.2 Å². The minimum Gasteiger partial charge on any atom is -0.481 e. The van der Waals surface area contributed by atoms with E-state index in [1.807, 2.05) is 30.3 Å². The van der Waals surface area contributed by atoms with E-state index in [0.29, 0.717) is 11.5 Å². The lowest BCUT2D eigenvalue weighted by molar-refractivity contribution is -0.141. The summed E-state index contributed by atoms with van der Waals surface area (Å²) in [5, 5.41) is 9.22. The molecule has 1 rings (SSSR count). The molecule has 2 atom stereocenters. The standard InChI is InChI=1S/C19H28NO5P/c1-13(2)17-7-5-4-6-15(17)10-14(3)11-26(24,25)12-16(19(22)23)8-9-18(20)21/h4-7,10,13,16H,8-9,11-12H2,1-3H3,(H2,20,21)(H,22,23)(H,24,25)/b14-10+.